The number of nitrogens with zero attached hydrogens (tertiary/aromatic N) is 2. The Morgan fingerprint density at radius 3 is 2.48 bits per heavy atom. The fourth-order valence-electron chi connectivity index (χ4n) is 2.14. The number of carbonyl (C=O) groups is 1. The standard InChI is InChI=1S/C18H23N3O3S/c1-5-14(3)20-18(22)15-10-16(12-19-11-15)21(4)25(23,24)17-8-6-13(2)7-9-17/h6-12,14H,5H2,1-4H3,(H,20,22). The molecule has 134 valence electrons. The minimum absolute atomic E-state index is 0.0326. The smallest absolute Gasteiger partial charge is 0.264 e. The first-order valence-corrected chi connectivity index (χ1v) is 9.51. The monoisotopic (exact) mass is 361 g/mol. The number of aromatic nitrogens is 1. The zero-order valence-electron chi connectivity index (χ0n) is 14.9. The van der Waals surface area contributed by atoms with Crippen molar-refractivity contribution in [1.29, 1.82) is 0 Å². The molecule has 0 spiro atoms. The normalized spacial score (nSPS) is 12.5. The molecule has 2 rings (SSSR count). The zero-order valence-corrected chi connectivity index (χ0v) is 15.7. The number of carbonyl (C=O) groups excluding carboxylic acids is 1. The van der Waals surface area contributed by atoms with E-state index < -0.39 is 10.0 Å². The van der Waals surface area contributed by atoms with Gasteiger partial charge < -0.3 is 5.32 Å². The highest BCUT2D eigenvalue weighted by Crippen LogP contribution is 2.22. The van der Waals surface area contributed by atoms with Gasteiger partial charge >= 0.3 is 0 Å². The molecular weight excluding hydrogens is 338 g/mol. The maximum atomic E-state index is 12.7. The van der Waals surface area contributed by atoms with Gasteiger partial charge in [0.2, 0.25) is 0 Å². The van der Waals surface area contributed by atoms with Gasteiger partial charge in [-0.25, -0.2) is 8.42 Å². The molecule has 1 heterocycles. The Hall–Kier alpha value is -2.41. The highest BCUT2D eigenvalue weighted by molar-refractivity contribution is 7.92. The molecule has 6 nitrogen and oxygen atoms in total. The van der Waals surface area contributed by atoms with Crippen LogP contribution in [0.4, 0.5) is 5.69 Å². The molecule has 1 aromatic carbocycles. The summed E-state index contributed by atoms with van der Waals surface area (Å²) in [6, 6.07) is 8.17. The maximum Gasteiger partial charge on any atom is 0.264 e. The number of anilines is 1. The predicted molar refractivity (Wildman–Crippen MR) is 98.2 cm³/mol. The summed E-state index contributed by atoms with van der Waals surface area (Å²) >= 11 is 0. The SMILES string of the molecule is CCC(C)NC(=O)c1cncc(N(C)S(=O)(=O)c2ccc(C)cc2)c1. The second kappa shape index (κ2) is 7.65. The molecule has 0 aliphatic rings. The summed E-state index contributed by atoms with van der Waals surface area (Å²) in [5.41, 5.74) is 1.63. The average molecular weight is 361 g/mol. The van der Waals surface area contributed by atoms with E-state index in [1.807, 2.05) is 20.8 Å². The van der Waals surface area contributed by atoms with Crippen LogP contribution in [0, 0.1) is 6.92 Å². The van der Waals surface area contributed by atoms with Crippen molar-refractivity contribution in [2.45, 2.75) is 38.1 Å². The minimum atomic E-state index is -3.72. The molecule has 7 heteroatoms. The molecule has 0 saturated heterocycles. The Kier molecular flexibility index (Phi) is 5.79. The van der Waals surface area contributed by atoms with Crippen LogP contribution in [0.5, 0.6) is 0 Å². The zero-order chi connectivity index (χ0) is 18.6. The minimum Gasteiger partial charge on any atom is -0.350 e. The van der Waals surface area contributed by atoms with Crippen molar-refractivity contribution < 1.29 is 13.2 Å². The first kappa shape index (κ1) is 18.9. The number of hydrogen-bond donors (Lipinski definition) is 1. The average Bonchev–Trinajstić information content (AvgIpc) is 2.61. The van der Waals surface area contributed by atoms with E-state index >= 15 is 0 Å². The van der Waals surface area contributed by atoms with E-state index in [0.717, 1.165) is 16.3 Å². The molecular formula is C18H23N3O3S. The third-order valence-electron chi connectivity index (χ3n) is 4.02. The van der Waals surface area contributed by atoms with E-state index in [1.165, 1.54) is 25.5 Å². The first-order chi connectivity index (χ1) is 11.8. The Bertz CT molecular complexity index is 848. The maximum absolute atomic E-state index is 12.7. The van der Waals surface area contributed by atoms with Crippen LogP contribution in [-0.4, -0.2) is 32.4 Å². The fourth-order valence-corrected chi connectivity index (χ4v) is 3.31. The van der Waals surface area contributed by atoms with Gasteiger partial charge in [0.05, 0.1) is 22.3 Å². The molecule has 0 radical (unpaired) electrons. The number of amides is 1. The number of pyridine rings is 1. The van der Waals surface area contributed by atoms with Gasteiger partial charge in [-0.05, 0) is 38.5 Å². The second-order valence-corrected chi connectivity index (χ2v) is 7.97. The molecule has 25 heavy (non-hydrogen) atoms. The molecule has 1 unspecified atom stereocenters. The van der Waals surface area contributed by atoms with Crippen molar-refractivity contribution in [2.24, 2.45) is 0 Å². The molecule has 0 aliphatic carbocycles. The van der Waals surface area contributed by atoms with Gasteiger partial charge in [0, 0.05) is 19.3 Å². The molecule has 0 fully saturated rings. The van der Waals surface area contributed by atoms with Crippen LogP contribution >= 0.6 is 0 Å². The molecule has 0 bridgehead atoms. The largest absolute Gasteiger partial charge is 0.350 e. The summed E-state index contributed by atoms with van der Waals surface area (Å²) in [5, 5.41) is 2.84. The van der Waals surface area contributed by atoms with Crippen molar-refractivity contribution in [3.05, 3.63) is 53.9 Å². The van der Waals surface area contributed by atoms with Gasteiger partial charge in [0.1, 0.15) is 0 Å². The lowest BCUT2D eigenvalue weighted by Crippen LogP contribution is -2.32. The topological polar surface area (TPSA) is 79.4 Å². The molecule has 1 aromatic heterocycles. The number of hydrogen-bond acceptors (Lipinski definition) is 4. The highest BCUT2D eigenvalue weighted by Gasteiger charge is 2.22. The van der Waals surface area contributed by atoms with Crippen molar-refractivity contribution in [3.63, 3.8) is 0 Å². The molecule has 0 aliphatic heterocycles. The molecule has 1 atom stereocenters. The van der Waals surface area contributed by atoms with Gasteiger partial charge in [0.15, 0.2) is 0 Å². The first-order valence-electron chi connectivity index (χ1n) is 8.07. The van der Waals surface area contributed by atoms with E-state index in [4.69, 9.17) is 0 Å². The van der Waals surface area contributed by atoms with E-state index in [0.29, 0.717) is 11.3 Å². The van der Waals surface area contributed by atoms with Crippen molar-refractivity contribution >= 4 is 21.6 Å². The summed E-state index contributed by atoms with van der Waals surface area (Å²) in [4.78, 5) is 16.4. The van der Waals surface area contributed by atoms with Crippen molar-refractivity contribution in [3.8, 4) is 0 Å². The molecule has 1 N–H and O–H groups in total. The Morgan fingerprint density at radius 2 is 1.88 bits per heavy atom. The van der Waals surface area contributed by atoms with Gasteiger partial charge in [0.25, 0.3) is 15.9 Å². The number of benzene rings is 1. The van der Waals surface area contributed by atoms with Crippen molar-refractivity contribution in [1.82, 2.24) is 10.3 Å². The predicted octanol–water partition coefficient (Wildman–Crippen LogP) is 2.74. The van der Waals surface area contributed by atoms with Crippen LogP contribution in [0.3, 0.4) is 0 Å². The molecule has 0 saturated carbocycles. The summed E-state index contributed by atoms with van der Waals surface area (Å²) in [7, 11) is -2.27. The van der Waals surface area contributed by atoms with Crippen LogP contribution in [0.25, 0.3) is 0 Å². The highest BCUT2D eigenvalue weighted by atomic mass is 32.2. The van der Waals surface area contributed by atoms with Gasteiger partial charge in [-0.1, -0.05) is 24.6 Å². The Labute approximate surface area is 148 Å². The summed E-state index contributed by atoms with van der Waals surface area (Å²) < 4.78 is 26.6. The Morgan fingerprint density at radius 1 is 1.24 bits per heavy atom. The van der Waals surface area contributed by atoms with Crippen molar-refractivity contribution in [2.75, 3.05) is 11.4 Å². The van der Waals surface area contributed by atoms with E-state index in [1.54, 1.807) is 24.3 Å². The Balaban J connectivity index is 2.30. The number of aryl methyl sites for hydroxylation is 1. The van der Waals surface area contributed by atoms with E-state index in [-0.39, 0.29) is 16.8 Å². The van der Waals surface area contributed by atoms with Gasteiger partial charge in [-0.3, -0.25) is 14.1 Å². The lowest BCUT2D eigenvalue weighted by molar-refractivity contribution is 0.0939. The van der Waals surface area contributed by atoms with Crippen LogP contribution in [-0.2, 0) is 10.0 Å². The lowest BCUT2D eigenvalue weighted by Gasteiger charge is -2.20. The summed E-state index contributed by atoms with van der Waals surface area (Å²) in [6.07, 6.45) is 3.65. The van der Waals surface area contributed by atoms with Crippen LogP contribution in [0.1, 0.15) is 36.2 Å². The fraction of sp³-hybridized carbons (Fsp3) is 0.333. The molecule has 2 aromatic rings. The third-order valence-corrected chi connectivity index (χ3v) is 5.82. The van der Waals surface area contributed by atoms with Gasteiger partial charge in [-0.2, -0.15) is 0 Å². The molecule has 1 amide bonds. The van der Waals surface area contributed by atoms with E-state index in [9.17, 15) is 13.2 Å². The van der Waals surface area contributed by atoms with Gasteiger partial charge in [-0.15, -0.1) is 0 Å². The quantitative estimate of drug-likeness (QED) is 0.858. The van der Waals surface area contributed by atoms with Crippen LogP contribution in [0.15, 0.2) is 47.6 Å². The van der Waals surface area contributed by atoms with Crippen LogP contribution in [0.2, 0.25) is 0 Å². The van der Waals surface area contributed by atoms with E-state index in [2.05, 4.69) is 10.3 Å². The number of rotatable bonds is 6. The number of sulfonamides is 1. The second-order valence-electron chi connectivity index (χ2n) is 6.00. The summed E-state index contributed by atoms with van der Waals surface area (Å²) in [6.45, 7) is 5.77. The lowest BCUT2D eigenvalue weighted by atomic mass is 10.2. The summed E-state index contributed by atoms with van der Waals surface area (Å²) in [5.74, 6) is -0.273. The third kappa shape index (κ3) is 4.36. The number of nitrogens with one attached hydrogen (secondary N) is 1. The van der Waals surface area contributed by atoms with Crippen LogP contribution < -0.4 is 9.62 Å².